The van der Waals surface area contributed by atoms with E-state index in [0.717, 1.165) is 30.3 Å². The van der Waals surface area contributed by atoms with Crippen molar-refractivity contribution in [1.29, 1.82) is 0 Å². The van der Waals surface area contributed by atoms with Crippen LogP contribution in [0.1, 0.15) is 25.0 Å². The Kier molecular flexibility index (Phi) is 4.79. The molecule has 1 aliphatic heterocycles. The third kappa shape index (κ3) is 3.63. The first kappa shape index (κ1) is 16.2. The molecule has 2 heterocycles. The summed E-state index contributed by atoms with van der Waals surface area (Å²) in [6, 6.07) is 9.45. The molecule has 0 aliphatic carbocycles. The first-order chi connectivity index (χ1) is 11.1. The molecular formula is C16H22N4O2S. The molecule has 0 amide bonds. The molecule has 0 radical (unpaired) electrons. The van der Waals surface area contributed by atoms with Gasteiger partial charge in [0.1, 0.15) is 0 Å². The lowest BCUT2D eigenvalue weighted by atomic mass is 10.2. The van der Waals surface area contributed by atoms with Crippen LogP contribution >= 0.6 is 0 Å². The molecule has 0 atom stereocenters. The molecule has 23 heavy (non-hydrogen) atoms. The minimum atomic E-state index is -3.53. The predicted molar refractivity (Wildman–Crippen MR) is 92.5 cm³/mol. The fraction of sp³-hybridized carbons (Fsp3) is 0.438. The van der Waals surface area contributed by atoms with E-state index in [1.54, 1.807) is 6.07 Å². The fourth-order valence-electron chi connectivity index (χ4n) is 2.86. The van der Waals surface area contributed by atoms with Gasteiger partial charge in [0.2, 0.25) is 0 Å². The second-order valence-electron chi connectivity index (χ2n) is 5.78. The van der Waals surface area contributed by atoms with Crippen LogP contribution in [0.5, 0.6) is 0 Å². The summed E-state index contributed by atoms with van der Waals surface area (Å²) in [6.07, 6.45) is 2.93. The van der Waals surface area contributed by atoms with Gasteiger partial charge in [0, 0.05) is 25.0 Å². The molecule has 7 heteroatoms. The van der Waals surface area contributed by atoms with Crippen molar-refractivity contribution in [3.63, 3.8) is 0 Å². The maximum Gasteiger partial charge on any atom is 0.301 e. The first-order valence-electron chi connectivity index (χ1n) is 7.91. The topological polar surface area (TPSA) is 74.3 Å². The lowest BCUT2D eigenvalue weighted by molar-refractivity contribution is 0.349. The molecule has 0 bridgehead atoms. The van der Waals surface area contributed by atoms with Crippen LogP contribution in [0.4, 0.5) is 5.69 Å². The number of nitrogens with zero attached hydrogens (tertiary/aromatic N) is 2. The van der Waals surface area contributed by atoms with Crippen LogP contribution in [-0.2, 0) is 16.8 Å². The Morgan fingerprint density at radius 2 is 1.91 bits per heavy atom. The minimum Gasteiger partial charge on any atom is -0.314 e. The number of benzene rings is 1. The zero-order valence-electron chi connectivity index (χ0n) is 13.2. The molecule has 0 saturated carbocycles. The van der Waals surface area contributed by atoms with Crippen molar-refractivity contribution in [3.05, 3.63) is 36.0 Å². The first-order valence-corrected chi connectivity index (χ1v) is 9.35. The molecule has 2 aromatic rings. The number of nitrogens with one attached hydrogen (secondary N) is 2. The zero-order valence-corrected chi connectivity index (χ0v) is 14.1. The van der Waals surface area contributed by atoms with Crippen molar-refractivity contribution in [2.75, 3.05) is 24.9 Å². The van der Waals surface area contributed by atoms with Gasteiger partial charge < -0.3 is 5.32 Å². The lowest BCUT2D eigenvalue weighted by Crippen LogP contribution is -2.39. The van der Waals surface area contributed by atoms with Crippen LogP contribution in [-0.4, -0.2) is 37.8 Å². The van der Waals surface area contributed by atoms with Gasteiger partial charge in [0.15, 0.2) is 0 Å². The van der Waals surface area contributed by atoms with Crippen molar-refractivity contribution >= 4 is 26.8 Å². The van der Waals surface area contributed by atoms with E-state index in [9.17, 15) is 8.42 Å². The van der Waals surface area contributed by atoms with E-state index < -0.39 is 10.2 Å². The normalized spacial score (nSPS) is 16.6. The number of rotatable bonds is 5. The minimum absolute atomic E-state index is 0.533. The summed E-state index contributed by atoms with van der Waals surface area (Å²) in [5.74, 6) is 0. The van der Waals surface area contributed by atoms with Gasteiger partial charge in [-0.3, -0.25) is 4.72 Å². The highest BCUT2D eigenvalue weighted by atomic mass is 32.2. The average Bonchev–Trinajstić information content (AvgIpc) is 2.56. The Labute approximate surface area is 137 Å². The van der Waals surface area contributed by atoms with Crippen LogP contribution < -0.4 is 10.0 Å². The van der Waals surface area contributed by atoms with E-state index in [1.165, 1.54) is 4.31 Å². The molecule has 6 nitrogen and oxygen atoms in total. The molecule has 124 valence electrons. The Balaban J connectivity index is 1.93. The summed E-state index contributed by atoms with van der Waals surface area (Å²) in [5, 5.41) is 3.98. The summed E-state index contributed by atoms with van der Waals surface area (Å²) in [6.45, 7) is 1.81. The molecule has 3 rings (SSSR count). The zero-order chi connectivity index (χ0) is 16.3. The summed E-state index contributed by atoms with van der Waals surface area (Å²) in [4.78, 5) is 4.59. The van der Waals surface area contributed by atoms with Crippen molar-refractivity contribution in [1.82, 2.24) is 14.6 Å². The Bertz CT molecular complexity index is 786. The van der Waals surface area contributed by atoms with Crippen molar-refractivity contribution in [3.8, 4) is 0 Å². The van der Waals surface area contributed by atoms with Gasteiger partial charge in [-0.25, -0.2) is 4.98 Å². The largest absolute Gasteiger partial charge is 0.314 e. The Morgan fingerprint density at radius 3 is 2.65 bits per heavy atom. The van der Waals surface area contributed by atoms with E-state index in [2.05, 4.69) is 15.0 Å². The van der Waals surface area contributed by atoms with E-state index >= 15 is 0 Å². The number of aromatic nitrogens is 1. The van der Waals surface area contributed by atoms with Crippen molar-refractivity contribution in [2.45, 2.75) is 25.8 Å². The highest BCUT2D eigenvalue weighted by Gasteiger charge is 2.24. The molecule has 1 saturated heterocycles. The maximum absolute atomic E-state index is 12.6. The van der Waals surface area contributed by atoms with Crippen LogP contribution in [0, 0.1) is 0 Å². The summed E-state index contributed by atoms with van der Waals surface area (Å²) in [7, 11) is -1.67. The monoisotopic (exact) mass is 334 g/mol. The number of hydrogen-bond acceptors (Lipinski definition) is 4. The standard InChI is InChI=1S/C16H22N4O2S/c1-17-12-14-9-8-13-6-5-7-15(16(13)18-14)19-23(21,22)20-10-3-2-4-11-20/h5-9,17,19H,2-4,10-12H2,1H3. The molecule has 1 aromatic heterocycles. The number of hydrogen-bond donors (Lipinski definition) is 2. The van der Waals surface area contributed by atoms with E-state index in [1.807, 2.05) is 31.3 Å². The smallest absolute Gasteiger partial charge is 0.301 e. The van der Waals surface area contributed by atoms with Crippen LogP contribution in [0.25, 0.3) is 10.9 Å². The van der Waals surface area contributed by atoms with Gasteiger partial charge in [0.25, 0.3) is 0 Å². The SMILES string of the molecule is CNCc1ccc2cccc(NS(=O)(=O)N3CCCCC3)c2n1. The van der Waals surface area contributed by atoms with Crippen LogP contribution in [0.3, 0.4) is 0 Å². The maximum atomic E-state index is 12.6. The highest BCUT2D eigenvalue weighted by molar-refractivity contribution is 7.90. The molecule has 1 fully saturated rings. The molecule has 1 aromatic carbocycles. The van der Waals surface area contributed by atoms with Gasteiger partial charge in [-0.1, -0.05) is 24.6 Å². The number of fused-ring (bicyclic) bond motifs is 1. The third-order valence-electron chi connectivity index (χ3n) is 4.03. The van der Waals surface area contributed by atoms with Crippen molar-refractivity contribution in [2.24, 2.45) is 0 Å². The van der Waals surface area contributed by atoms with Gasteiger partial charge >= 0.3 is 10.2 Å². The molecule has 1 aliphatic rings. The molecule has 0 spiro atoms. The average molecular weight is 334 g/mol. The van der Waals surface area contributed by atoms with Crippen LogP contribution in [0.15, 0.2) is 30.3 Å². The van der Waals surface area contributed by atoms with Gasteiger partial charge in [-0.2, -0.15) is 12.7 Å². The summed E-state index contributed by atoms with van der Waals surface area (Å²) >= 11 is 0. The summed E-state index contributed by atoms with van der Waals surface area (Å²) < 4.78 is 29.4. The lowest BCUT2D eigenvalue weighted by Gasteiger charge is -2.26. The number of anilines is 1. The van der Waals surface area contributed by atoms with Crippen molar-refractivity contribution < 1.29 is 8.42 Å². The molecule has 2 N–H and O–H groups in total. The summed E-state index contributed by atoms with van der Waals surface area (Å²) in [5.41, 5.74) is 2.09. The quantitative estimate of drug-likeness (QED) is 0.878. The van der Waals surface area contributed by atoms with Gasteiger partial charge in [0.05, 0.1) is 16.9 Å². The number of piperidine rings is 1. The second kappa shape index (κ2) is 6.82. The third-order valence-corrected chi connectivity index (χ3v) is 5.55. The number of pyridine rings is 1. The number of para-hydroxylation sites is 1. The Morgan fingerprint density at radius 1 is 1.13 bits per heavy atom. The molecular weight excluding hydrogens is 312 g/mol. The van der Waals surface area contributed by atoms with E-state index in [0.29, 0.717) is 30.8 Å². The Hall–Kier alpha value is -1.70. The predicted octanol–water partition coefficient (Wildman–Crippen LogP) is 2.10. The van der Waals surface area contributed by atoms with Gasteiger partial charge in [-0.05, 0) is 32.0 Å². The second-order valence-corrected chi connectivity index (χ2v) is 7.45. The fourth-order valence-corrected chi connectivity index (χ4v) is 4.17. The molecule has 0 unspecified atom stereocenters. The van der Waals surface area contributed by atoms with E-state index in [-0.39, 0.29) is 0 Å². The van der Waals surface area contributed by atoms with Crippen LogP contribution in [0.2, 0.25) is 0 Å². The van der Waals surface area contributed by atoms with E-state index in [4.69, 9.17) is 0 Å². The van der Waals surface area contributed by atoms with Gasteiger partial charge in [-0.15, -0.1) is 0 Å². The highest BCUT2D eigenvalue weighted by Crippen LogP contribution is 2.24.